The third-order valence-electron chi connectivity index (χ3n) is 5.82. The second kappa shape index (κ2) is 11.6. The van der Waals surface area contributed by atoms with Crippen molar-refractivity contribution >= 4 is 11.6 Å². The monoisotopic (exact) mass is 429 g/mol. The van der Waals surface area contributed by atoms with Gasteiger partial charge in [-0.05, 0) is 62.4 Å². The van der Waals surface area contributed by atoms with Crippen LogP contribution in [0.3, 0.4) is 0 Å². The van der Waals surface area contributed by atoms with E-state index in [1.807, 2.05) is 62.4 Å². The van der Waals surface area contributed by atoms with Crippen molar-refractivity contribution in [2.45, 2.75) is 19.9 Å². The molecule has 1 aliphatic heterocycles. The fraction of sp³-hybridized carbons (Fsp3) is 0.458. The fourth-order valence-corrected chi connectivity index (χ4v) is 3.83. The molecule has 2 aromatic rings. The van der Waals surface area contributed by atoms with Gasteiger partial charge in [0.15, 0.2) is 6.04 Å². The molecule has 7 nitrogen and oxygen atoms in total. The second-order valence-corrected chi connectivity index (χ2v) is 7.85. The lowest BCUT2D eigenvalue weighted by atomic mass is 10.2. The minimum atomic E-state index is -0.0799. The number of anilines is 1. The number of amides is 1. The third kappa shape index (κ3) is 6.87. The highest BCUT2D eigenvalue weighted by atomic mass is 16.5. The predicted octanol–water partition coefficient (Wildman–Crippen LogP) is 0.283. The summed E-state index contributed by atoms with van der Waals surface area (Å²) < 4.78 is 16.5. The Bertz CT molecular complexity index is 803. The van der Waals surface area contributed by atoms with E-state index >= 15 is 0 Å². The summed E-state index contributed by atoms with van der Waals surface area (Å²) in [7, 11) is 1.66. The van der Waals surface area contributed by atoms with Gasteiger partial charge < -0.3 is 29.3 Å². The van der Waals surface area contributed by atoms with Gasteiger partial charge in [0.2, 0.25) is 0 Å². The molecule has 1 atom stereocenters. The first-order valence-electron chi connectivity index (χ1n) is 11.1. The summed E-state index contributed by atoms with van der Waals surface area (Å²) in [5.41, 5.74) is 0.805. The molecule has 0 aliphatic carbocycles. The summed E-state index contributed by atoms with van der Waals surface area (Å²) in [5.74, 6) is 2.57. The SMILES string of the molecule is CCOc1ccc(NC(=O)[C@H](C)[NH+]2CC[NH+](CCOc3ccc(OC)cc3)CC2)cc1. The molecule has 0 aromatic heterocycles. The summed E-state index contributed by atoms with van der Waals surface area (Å²) >= 11 is 0. The molecule has 1 heterocycles. The van der Waals surface area contributed by atoms with Crippen molar-refractivity contribution in [2.24, 2.45) is 0 Å². The Hall–Kier alpha value is -2.77. The lowest BCUT2D eigenvalue weighted by Crippen LogP contribution is -3.30. The van der Waals surface area contributed by atoms with E-state index in [-0.39, 0.29) is 11.9 Å². The Morgan fingerprint density at radius 2 is 1.52 bits per heavy atom. The fourth-order valence-electron chi connectivity index (χ4n) is 3.83. The van der Waals surface area contributed by atoms with E-state index in [2.05, 4.69) is 5.32 Å². The number of carbonyl (C=O) groups is 1. The van der Waals surface area contributed by atoms with Crippen molar-refractivity contribution in [1.29, 1.82) is 0 Å². The molecule has 0 radical (unpaired) electrons. The van der Waals surface area contributed by atoms with Gasteiger partial charge in [-0.25, -0.2) is 0 Å². The number of piperazine rings is 1. The molecule has 7 heteroatoms. The number of rotatable bonds is 10. The molecule has 0 spiro atoms. The zero-order chi connectivity index (χ0) is 22.1. The molecule has 3 N–H and O–H groups in total. The normalized spacial score (nSPS) is 19.3. The first-order chi connectivity index (χ1) is 15.1. The lowest BCUT2D eigenvalue weighted by Gasteiger charge is -2.32. The van der Waals surface area contributed by atoms with E-state index in [1.54, 1.807) is 7.11 Å². The molecule has 31 heavy (non-hydrogen) atoms. The first kappa shape index (κ1) is 22.9. The van der Waals surface area contributed by atoms with Gasteiger partial charge in [-0.3, -0.25) is 4.79 Å². The molecule has 168 valence electrons. The van der Waals surface area contributed by atoms with Crippen molar-refractivity contribution in [3.05, 3.63) is 48.5 Å². The number of ether oxygens (including phenoxy) is 3. The average molecular weight is 430 g/mol. The summed E-state index contributed by atoms with van der Waals surface area (Å²) in [5, 5.41) is 3.03. The number of benzene rings is 2. The van der Waals surface area contributed by atoms with Gasteiger partial charge in [-0.15, -0.1) is 0 Å². The molecule has 1 amide bonds. The van der Waals surface area contributed by atoms with Crippen LogP contribution < -0.4 is 29.3 Å². The Kier molecular flexibility index (Phi) is 8.55. The van der Waals surface area contributed by atoms with Crippen molar-refractivity contribution in [3.8, 4) is 17.2 Å². The summed E-state index contributed by atoms with van der Waals surface area (Å²) in [6.45, 7) is 10.3. The molecule has 0 unspecified atom stereocenters. The molecular formula is C24H35N3O4+2. The zero-order valence-corrected chi connectivity index (χ0v) is 18.8. The zero-order valence-electron chi connectivity index (χ0n) is 18.8. The lowest BCUT2D eigenvalue weighted by molar-refractivity contribution is -1.02. The Morgan fingerprint density at radius 1 is 0.935 bits per heavy atom. The summed E-state index contributed by atoms with van der Waals surface area (Å²) in [4.78, 5) is 15.5. The van der Waals surface area contributed by atoms with Crippen LogP contribution in [0.4, 0.5) is 5.69 Å². The topological polar surface area (TPSA) is 65.7 Å². The minimum Gasteiger partial charge on any atom is -0.497 e. The van der Waals surface area contributed by atoms with Gasteiger partial charge in [0.25, 0.3) is 5.91 Å². The molecule has 1 aliphatic rings. The van der Waals surface area contributed by atoms with Crippen LogP contribution in [0.1, 0.15) is 13.8 Å². The van der Waals surface area contributed by atoms with Gasteiger partial charge >= 0.3 is 0 Å². The third-order valence-corrected chi connectivity index (χ3v) is 5.82. The maximum absolute atomic E-state index is 12.7. The van der Waals surface area contributed by atoms with Crippen LogP contribution in [0, 0.1) is 0 Å². The van der Waals surface area contributed by atoms with E-state index in [4.69, 9.17) is 14.2 Å². The van der Waals surface area contributed by atoms with Crippen molar-refractivity contribution in [2.75, 3.05) is 58.4 Å². The molecule has 2 aromatic carbocycles. The number of nitrogens with one attached hydrogen (secondary N) is 3. The number of hydrogen-bond acceptors (Lipinski definition) is 4. The van der Waals surface area contributed by atoms with Crippen LogP contribution in [0.15, 0.2) is 48.5 Å². The maximum atomic E-state index is 12.7. The number of methoxy groups -OCH3 is 1. The Balaban J connectivity index is 1.37. The van der Waals surface area contributed by atoms with Gasteiger partial charge in [0.05, 0.1) is 13.7 Å². The smallest absolute Gasteiger partial charge is 0.282 e. The summed E-state index contributed by atoms with van der Waals surface area (Å²) in [6.07, 6.45) is 0. The quantitative estimate of drug-likeness (QED) is 0.508. The highest BCUT2D eigenvalue weighted by Crippen LogP contribution is 2.17. The van der Waals surface area contributed by atoms with E-state index in [0.717, 1.165) is 55.7 Å². The second-order valence-electron chi connectivity index (χ2n) is 7.85. The van der Waals surface area contributed by atoms with Crippen LogP contribution in [-0.4, -0.2) is 65.0 Å². The molecule has 0 bridgehead atoms. The standard InChI is InChI=1S/C24H33N3O4/c1-4-30-22-7-5-20(6-8-22)25-24(28)19(2)27-15-13-26(14-16-27)17-18-31-23-11-9-21(29-3)10-12-23/h5-12,19H,4,13-18H2,1-3H3,(H,25,28)/p+2/t19-/m0/s1. The van der Waals surface area contributed by atoms with Crippen LogP contribution in [0.5, 0.6) is 17.2 Å². The average Bonchev–Trinajstić information content (AvgIpc) is 2.81. The highest BCUT2D eigenvalue weighted by molar-refractivity contribution is 5.93. The molecule has 1 fully saturated rings. The van der Waals surface area contributed by atoms with Gasteiger partial charge in [0, 0.05) is 5.69 Å². The Morgan fingerprint density at radius 3 is 2.13 bits per heavy atom. The van der Waals surface area contributed by atoms with Crippen molar-refractivity contribution < 1.29 is 28.8 Å². The van der Waals surface area contributed by atoms with Gasteiger partial charge in [-0.1, -0.05) is 0 Å². The van der Waals surface area contributed by atoms with Crippen molar-refractivity contribution in [3.63, 3.8) is 0 Å². The number of hydrogen-bond donors (Lipinski definition) is 3. The van der Waals surface area contributed by atoms with Gasteiger partial charge in [-0.2, -0.15) is 0 Å². The number of carbonyl (C=O) groups excluding carboxylic acids is 1. The van der Waals surface area contributed by atoms with E-state index < -0.39 is 0 Å². The van der Waals surface area contributed by atoms with Crippen molar-refractivity contribution in [1.82, 2.24) is 0 Å². The van der Waals surface area contributed by atoms with E-state index in [1.165, 1.54) is 9.80 Å². The van der Waals surface area contributed by atoms with Crippen LogP contribution in [0.25, 0.3) is 0 Å². The predicted molar refractivity (Wildman–Crippen MR) is 120 cm³/mol. The molecular weight excluding hydrogens is 394 g/mol. The highest BCUT2D eigenvalue weighted by Gasteiger charge is 2.30. The molecule has 1 saturated heterocycles. The van der Waals surface area contributed by atoms with E-state index in [9.17, 15) is 4.79 Å². The maximum Gasteiger partial charge on any atom is 0.282 e. The summed E-state index contributed by atoms with van der Waals surface area (Å²) in [6, 6.07) is 15.1. The molecule has 3 rings (SSSR count). The van der Waals surface area contributed by atoms with Gasteiger partial charge in [0.1, 0.15) is 56.6 Å². The van der Waals surface area contributed by atoms with E-state index in [0.29, 0.717) is 13.2 Å². The van der Waals surface area contributed by atoms with Crippen LogP contribution in [-0.2, 0) is 4.79 Å². The first-order valence-corrected chi connectivity index (χ1v) is 11.1. The van der Waals surface area contributed by atoms with Crippen LogP contribution in [0.2, 0.25) is 0 Å². The molecule has 0 saturated carbocycles. The number of quaternary nitrogens is 2. The largest absolute Gasteiger partial charge is 0.497 e. The Labute approximate surface area is 184 Å². The minimum absolute atomic E-state index is 0.0606. The van der Waals surface area contributed by atoms with Crippen LogP contribution >= 0.6 is 0 Å².